The number of aromatic nitrogens is 1. The van der Waals surface area contributed by atoms with Crippen molar-refractivity contribution in [2.24, 2.45) is 0 Å². The lowest BCUT2D eigenvalue weighted by atomic mass is 10.1. The third-order valence-electron chi connectivity index (χ3n) is 3.19. The van der Waals surface area contributed by atoms with Crippen molar-refractivity contribution in [1.82, 2.24) is 4.98 Å². The fourth-order valence-corrected chi connectivity index (χ4v) is 2.80. The molecule has 0 amide bonds. The van der Waals surface area contributed by atoms with Crippen molar-refractivity contribution in [2.75, 3.05) is 6.26 Å². The Bertz CT molecular complexity index is 864. The molecule has 0 bridgehead atoms. The Morgan fingerprint density at radius 2 is 1.80 bits per heavy atom. The maximum absolute atomic E-state index is 14.1. The fraction of sp³-hybridized carbons (Fsp3) is 0.0667. The Hall–Kier alpha value is -2.14. The zero-order valence-corrected chi connectivity index (χ0v) is 11.5. The standard InChI is InChI=1S/C15H12FNO2S/c1-20(18,19)11-6-7-12(13(16)9-11)15-8-10-4-2-3-5-14(10)17-15/h2-9,17H,1H3. The van der Waals surface area contributed by atoms with Gasteiger partial charge in [-0.3, -0.25) is 0 Å². The highest BCUT2D eigenvalue weighted by Crippen LogP contribution is 2.27. The van der Waals surface area contributed by atoms with E-state index >= 15 is 0 Å². The number of hydrogen-bond donors (Lipinski definition) is 1. The van der Waals surface area contributed by atoms with Gasteiger partial charge in [0.05, 0.1) is 4.90 Å². The highest BCUT2D eigenvalue weighted by Gasteiger charge is 2.13. The van der Waals surface area contributed by atoms with Gasteiger partial charge in [-0.25, -0.2) is 12.8 Å². The first-order valence-electron chi connectivity index (χ1n) is 6.03. The van der Waals surface area contributed by atoms with Crippen molar-refractivity contribution in [1.29, 1.82) is 0 Å². The first-order valence-corrected chi connectivity index (χ1v) is 7.92. The third-order valence-corrected chi connectivity index (χ3v) is 4.30. The average molecular weight is 289 g/mol. The maximum atomic E-state index is 14.1. The SMILES string of the molecule is CS(=O)(=O)c1ccc(-c2cc3ccccc3[nH]2)c(F)c1. The van der Waals surface area contributed by atoms with Crippen LogP contribution in [0, 0.1) is 5.82 Å². The molecule has 0 aliphatic carbocycles. The molecule has 20 heavy (non-hydrogen) atoms. The van der Waals surface area contributed by atoms with Gasteiger partial charge in [0.15, 0.2) is 9.84 Å². The number of nitrogens with one attached hydrogen (secondary N) is 1. The van der Waals surface area contributed by atoms with Crippen LogP contribution in [0.1, 0.15) is 0 Å². The lowest BCUT2D eigenvalue weighted by molar-refractivity contribution is 0.596. The maximum Gasteiger partial charge on any atom is 0.175 e. The van der Waals surface area contributed by atoms with E-state index < -0.39 is 15.7 Å². The molecule has 0 atom stereocenters. The van der Waals surface area contributed by atoms with Crippen LogP contribution in [0.25, 0.3) is 22.2 Å². The molecule has 1 heterocycles. The molecular weight excluding hydrogens is 277 g/mol. The van der Waals surface area contributed by atoms with Crippen LogP contribution >= 0.6 is 0 Å². The van der Waals surface area contributed by atoms with Gasteiger partial charge in [-0.05, 0) is 30.3 Å². The quantitative estimate of drug-likeness (QED) is 0.786. The van der Waals surface area contributed by atoms with Gasteiger partial charge in [-0.2, -0.15) is 0 Å². The summed E-state index contributed by atoms with van der Waals surface area (Å²) in [7, 11) is -3.40. The first-order chi connectivity index (χ1) is 9.45. The van der Waals surface area contributed by atoms with Crippen LogP contribution in [0.2, 0.25) is 0 Å². The van der Waals surface area contributed by atoms with Crippen LogP contribution in [0.3, 0.4) is 0 Å². The topological polar surface area (TPSA) is 49.9 Å². The molecule has 2 aromatic carbocycles. The Kier molecular flexibility index (Phi) is 2.87. The van der Waals surface area contributed by atoms with E-state index in [4.69, 9.17) is 0 Å². The van der Waals surface area contributed by atoms with Gasteiger partial charge in [0.25, 0.3) is 0 Å². The van der Waals surface area contributed by atoms with E-state index in [0.29, 0.717) is 11.3 Å². The summed E-state index contributed by atoms with van der Waals surface area (Å²) in [5, 5.41) is 0.981. The van der Waals surface area contributed by atoms with E-state index in [1.165, 1.54) is 12.1 Å². The summed E-state index contributed by atoms with van der Waals surface area (Å²) in [4.78, 5) is 3.10. The van der Waals surface area contributed by atoms with E-state index in [9.17, 15) is 12.8 Å². The summed E-state index contributed by atoms with van der Waals surface area (Å²) >= 11 is 0. The summed E-state index contributed by atoms with van der Waals surface area (Å²) in [5.74, 6) is -0.556. The largest absolute Gasteiger partial charge is 0.354 e. The molecule has 3 nitrogen and oxygen atoms in total. The molecule has 0 aliphatic rings. The second-order valence-corrected chi connectivity index (χ2v) is 6.70. The summed E-state index contributed by atoms with van der Waals surface area (Å²) in [6.07, 6.45) is 1.06. The normalized spacial score (nSPS) is 11.9. The molecule has 3 rings (SSSR count). The van der Waals surface area contributed by atoms with Crippen molar-refractivity contribution >= 4 is 20.7 Å². The number of halogens is 1. The second-order valence-electron chi connectivity index (χ2n) is 4.68. The van der Waals surface area contributed by atoms with Crippen LogP contribution < -0.4 is 0 Å². The zero-order chi connectivity index (χ0) is 14.3. The molecular formula is C15H12FNO2S. The van der Waals surface area contributed by atoms with Gasteiger partial charge in [-0.15, -0.1) is 0 Å². The predicted octanol–water partition coefficient (Wildman–Crippen LogP) is 3.38. The molecule has 0 saturated carbocycles. The second kappa shape index (κ2) is 4.45. The number of benzene rings is 2. The van der Waals surface area contributed by atoms with E-state index in [2.05, 4.69) is 4.98 Å². The van der Waals surface area contributed by atoms with Crippen molar-refractivity contribution in [2.45, 2.75) is 4.90 Å². The van der Waals surface area contributed by atoms with Crippen LogP contribution in [0.15, 0.2) is 53.4 Å². The van der Waals surface area contributed by atoms with E-state index in [-0.39, 0.29) is 4.90 Å². The molecule has 0 fully saturated rings. The van der Waals surface area contributed by atoms with Gasteiger partial charge in [0, 0.05) is 28.4 Å². The van der Waals surface area contributed by atoms with E-state index in [1.54, 1.807) is 0 Å². The molecule has 5 heteroatoms. The number of aromatic amines is 1. The Labute approximate surface area is 116 Å². The number of fused-ring (bicyclic) bond motifs is 1. The lowest BCUT2D eigenvalue weighted by Gasteiger charge is -2.03. The monoisotopic (exact) mass is 289 g/mol. The van der Waals surface area contributed by atoms with Crippen LogP contribution in [0.5, 0.6) is 0 Å². The first kappa shape index (κ1) is 12.9. The van der Waals surface area contributed by atoms with E-state index in [1.807, 2.05) is 30.3 Å². The molecule has 0 saturated heterocycles. The van der Waals surface area contributed by atoms with Gasteiger partial charge in [0.2, 0.25) is 0 Å². The van der Waals surface area contributed by atoms with Gasteiger partial charge < -0.3 is 4.98 Å². The predicted molar refractivity (Wildman–Crippen MR) is 76.8 cm³/mol. The Balaban J connectivity index is 2.15. The Morgan fingerprint density at radius 1 is 1.05 bits per heavy atom. The van der Waals surface area contributed by atoms with Crippen LogP contribution in [0.4, 0.5) is 4.39 Å². The fourth-order valence-electron chi connectivity index (χ4n) is 2.16. The molecule has 0 aliphatic heterocycles. The third kappa shape index (κ3) is 2.20. The van der Waals surface area contributed by atoms with Crippen molar-refractivity contribution in [3.8, 4) is 11.3 Å². The van der Waals surface area contributed by atoms with Crippen molar-refractivity contribution < 1.29 is 12.8 Å². The van der Waals surface area contributed by atoms with Crippen molar-refractivity contribution in [3.63, 3.8) is 0 Å². The number of rotatable bonds is 2. The summed E-state index contributed by atoms with van der Waals surface area (Å²) in [6, 6.07) is 13.4. The minimum atomic E-state index is -3.40. The van der Waals surface area contributed by atoms with E-state index in [0.717, 1.165) is 23.2 Å². The number of sulfone groups is 1. The summed E-state index contributed by atoms with van der Waals surface area (Å²) < 4.78 is 36.9. The van der Waals surface area contributed by atoms with Gasteiger partial charge >= 0.3 is 0 Å². The van der Waals surface area contributed by atoms with Crippen molar-refractivity contribution in [3.05, 3.63) is 54.3 Å². The van der Waals surface area contributed by atoms with Gasteiger partial charge in [-0.1, -0.05) is 18.2 Å². The number of H-pyrrole nitrogens is 1. The average Bonchev–Trinajstić information content (AvgIpc) is 2.80. The summed E-state index contributed by atoms with van der Waals surface area (Å²) in [6.45, 7) is 0. The molecule has 3 aromatic rings. The molecule has 1 N–H and O–H groups in total. The molecule has 0 unspecified atom stereocenters. The highest BCUT2D eigenvalue weighted by atomic mass is 32.2. The molecule has 0 spiro atoms. The minimum absolute atomic E-state index is 0.0186. The van der Waals surface area contributed by atoms with Crippen LogP contribution in [-0.2, 0) is 9.84 Å². The lowest BCUT2D eigenvalue weighted by Crippen LogP contribution is -1.98. The smallest absolute Gasteiger partial charge is 0.175 e. The molecule has 0 radical (unpaired) electrons. The number of para-hydroxylation sites is 1. The summed E-state index contributed by atoms with van der Waals surface area (Å²) in [5.41, 5.74) is 1.89. The minimum Gasteiger partial charge on any atom is -0.354 e. The molecule has 1 aromatic heterocycles. The van der Waals surface area contributed by atoms with Gasteiger partial charge in [0.1, 0.15) is 5.82 Å². The zero-order valence-electron chi connectivity index (χ0n) is 10.7. The van der Waals surface area contributed by atoms with Crippen LogP contribution in [-0.4, -0.2) is 19.7 Å². The molecule has 102 valence electrons. The highest BCUT2D eigenvalue weighted by molar-refractivity contribution is 7.90. The number of hydrogen-bond acceptors (Lipinski definition) is 2. The Morgan fingerprint density at radius 3 is 2.45 bits per heavy atom.